The molecule has 0 radical (unpaired) electrons. The topological polar surface area (TPSA) is 89.8 Å². The van der Waals surface area contributed by atoms with Gasteiger partial charge in [-0.05, 0) is 41.5 Å². The van der Waals surface area contributed by atoms with Crippen LogP contribution in [0.3, 0.4) is 0 Å². The van der Waals surface area contributed by atoms with E-state index >= 15 is 4.39 Å². The summed E-state index contributed by atoms with van der Waals surface area (Å²) in [5.41, 5.74) is -1.29. The van der Waals surface area contributed by atoms with E-state index in [9.17, 15) is 0 Å². The third kappa shape index (κ3) is 3.44. The molecule has 0 spiro atoms. The molecular formula is C20H26ClFN4O5. The van der Waals surface area contributed by atoms with Gasteiger partial charge in [-0.3, -0.25) is 4.57 Å². The lowest BCUT2D eigenvalue weighted by atomic mass is 9.91. The van der Waals surface area contributed by atoms with Crippen molar-refractivity contribution in [3.8, 4) is 0 Å². The maximum atomic E-state index is 16.7. The fourth-order valence-corrected chi connectivity index (χ4v) is 4.86. The minimum atomic E-state index is -2.03. The van der Waals surface area contributed by atoms with E-state index in [4.69, 9.17) is 35.3 Å². The molecule has 3 aliphatic rings. The molecule has 0 bridgehead atoms. The van der Waals surface area contributed by atoms with E-state index in [0.29, 0.717) is 17.0 Å². The van der Waals surface area contributed by atoms with Crippen molar-refractivity contribution < 1.29 is 28.1 Å². The number of hydrogen-bond acceptors (Lipinski definition) is 8. The molecule has 9 nitrogen and oxygen atoms in total. The summed E-state index contributed by atoms with van der Waals surface area (Å²) >= 11 is 6.24. The largest absolute Gasteiger partial charge is 0.348 e. The molecule has 0 saturated carbocycles. The zero-order valence-corrected chi connectivity index (χ0v) is 19.0. The van der Waals surface area contributed by atoms with E-state index in [1.807, 2.05) is 0 Å². The highest BCUT2D eigenvalue weighted by Gasteiger charge is 2.63. The second kappa shape index (κ2) is 6.79. The van der Waals surface area contributed by atoms with Crippen molar-refractivity contribution in [3.05, 3.63) is 17.3 Å². The first-order chi connectivity index (χ1) is 14.4. The summed E-state index contributed by atoms with van der Waals surface area (Å²) in [6.45, 7) is 10.5. The summed E-state index contributed by atoms with van der Waals surface area (Å²) in [7, 11) is 0. The molecule has 5 rings (SSSR count). The lowest BCUT2D eigenvalue weighted by molar-refractivity contribution is -0.333. The Morgan fingerprint density at radius 2 is 1.77 bits per heavy atom. The zero-order chi connectivity index (χ0) is 22.3. The molecule has 2 aromatic heterocycles. The molecule has 0 aromatic carbocycles. The Morgan fingerprint density at radius 3 is 2.52 bits per heavy atom. The number of hydrogen-bond donors (Lipinski definition) is 0. The van der Waals surface area contributed by atoms with Gasteiger partial charge >= 0.3 is 0 Å². The van der Waals surface area contributed by atoms with Gasteiger partial charge in [0.1, 0.15) is 35.8 Å². The summed E-state index contributed by atoms with van der Waals surface area (Å²) < 4.78 is 48.7. The van der Waals surface area contributed by atoms with Gasteiger partial charge in [-0.25, -0.2) is 19.3 Å². The van der Waals surface area contributed by atoms with Gasteiger partial charge in [0.2, 0.25) is 0 Å². The van der Waals surface area contributed by atoms with Crippen LogP contribution in [0.15, 0.2) is 6.33 Å². The molecule has 3 aliphatic heterocycles. The first-order valence-electron chi connectivity index (χ1n) is 10.3. The quantitative estimate of drug-likeness (QED) is 0.605. The second-order valence-electron chi connectivity index (χ2n) is 9.38. The Balaban J connectivity index is 1.64. The SMILES string of the molecule is Cc1nc(Cl)c2ncn([C@@H]3OC4COC(C)(C)O[C@H]4[C@@H]4OC(C)(C)OC4[C@@]3(C)F)c2n1. The van der Waals surface area contributed by atoms with Crippen LogP contribution in [0.25, 0.3) is 11.2 Å². The minimum Gasteiger partial charge on any atom is -0.348 e. The third-order valence-electron chi connectivity index (χ3n) is 5.92. The van der Waals surface area contributed by atoms with Crippen molar-refractivity contribution >= 4 is 22.8 Å². The number of rotatable bonds is 1. The zero-order valence-electron chi connectivity index (χ0n) is 18.3. The molecule has 11 heteroatoms. The van der Waals surface area contributed by atoms with Gasteiger partial charge in [-0.15, -0.1) is 0 Å². The number of nitrogens with zero attached hydrogens (tertiary/aromatic N) is 4. The highest BCUT2D eigenvalue weighted by Crippen LogP contribution is 2.49. The predicted octanol–water partition coefficient (Wildman–Crippen LogP) is 3.09. The van der Waals surface area contributed by atoms with Crippen LogP contribution >= 0.6 is 11.6 Å². The molecule has 31 heavy (non-hydrogen) atoms. The van der Waals surface area contributed by atoms with Crippen molar-refractivity contribution in [3.63, 3.8) is 0 Å². The smallest absolute Gasteiger partial charge is 0.181 e. The van der Waals surface area contributed by atoms with E-state index < -0.39 is 47.9 Å². The van der Waals surface area contributed by atoms with E-state index in [0.717, 1.165) is 0 Å². The molecule has 6 atom stereocenters. The van der Waals surface area contributed by atoms with Gasteiger partial charge in [0.05, 0.1) is 12.9 Å². The highest BCUT2D eigenvalue weighted by molar-refractivity contribution is 6.33. The Hall–Kier alpha value is -1.43. The summed E-state index contributed by atoms with van der Waals surface area (Å²) in [5, 5.41) is 0.193. The number of ether oxygens (including phenoxy) is 5. The van der Waals surface area contributed by atoms with Crippen molar-refractivity contribution in [2.75, 3.05) is 6.61 Å². The Bertz CT molecular complexity index is 1030. The molecule has 2 unspecified atom stereocenters. The highest BCUT2D eigenvalue weighted by atomic mass is 35.5. The molecule has 2 aromatic rings. The molecule has 0 N–H and O–H groups in total. The summed E-state index contributed by atoms with van der Waals surface area (Å²) in [5.74, 6) is -1.41. The lowest BCUT2D eigenvalue weighted by Gasteiger charge is -2.42. The van der Waals surface area contributed by atoms with Crippen LogP contribution in [-0.2, 0) is 23.7 Å². The number of alkyl halides is 1. The van der Waals surface area contributed by atoms with Gasteiger partial charge < -0.3 is 23.7 Å². The Kier molecular flexibility index (Phi) is 4.69. The van der Waals surface area contributed by atoms with Crippen molar-refractivity contribution in [1.29, 1.82) is 0 Å². The van der Waals surface area contributed by atoms with Gasteiger partial charge in [0.15, 0.2) is 34.3 Å². The fraction of sp³-hybridized carbons (Fsp3) is 0.750. The minimum absolute atomic E-state index is 0.193. The maximum Gasteiger partial charge on any atom is 0.181 e. The van der Waals surface area contributed by atoms with Gasteiger partial charge in [0.25, 0.3) is 0 Å². The fourth-order valence-electron chi connectivity index (χ4n) is 4.61. The van der Waals surface area contributed by atoms with Crippen LogP contribution in [-0.4, -0.2) is 67.8 Å². The average molecular weight is 457 g/mol. The predicted molar refractivity (Wildman–Crippen MR) is 107 cm³/mol. The van der Waals surface area contributed by atoms with Crippen molar-refractivity contribution in [2.24, 2.45) is 0 Å². The molecular weight excluding hydrogens is 431 g/mol. The van der Waals surface area contributed by atoms with Crippen LogP contribution in [0, 0.1) is 6.92 Å². The summed E-state index contributed by atoms with van der Waals surface area (Å²) in [6.07, 6.45) is -2.54. The second-order valence-corrected chi connectivity index (χ2v) is 9.74. The molecule has 170 valence electrons. The van der Waals surface area contributed by atoms with Gasteiger partial charge in [-0.1, -0.05) is 11.6 Å². The summed E-state index contributed by atoms with van der Waals surface area (Å²) in [4.78, 5) is 12.9. The van der Waals surface area contributed by atoms with Crippen LogP contribution in [0.4, 0.5) is 4.39 Å². The van der Waals surface area contributed by atoms with Crippen LogP contribution < -0.4 is 0 Å². The van der Waals surface area contributed by atoms with E-state index in [1.54, 1.807) is 34.6 Å². The Morgan fingerprint density at radius 1 is 1.06 bits per heavy atom. The third-order valence-corrected chi connectivity index (χ3v) is 6.18. The Labute approximate surface area is 184 Å². The van der Waals surface area contributed by atoms with Gasteiger partial charge in [-0.2, -0.15) is 0 Å². The molecule has 5 heterocycles. The average Bonchev–Trinajstić information content (AvgIpc) is 3.19. The molecule has 0 amide bonds. The first kappa shape index (κ1) is 21.4. The van der Waals surface area contributed by atoms with E-state index in [1.165, 1.54) is 17.8 Å². The van der Waals surface area contributed by atoms with Crippen LogP contribution in [0.1, 0.15) is 46.7 Å². The number of aromatic nitrogens is 4. The normalized spacial score (nSPS) is 39.2. The number of fused-ring (bicyclic) bond motifs is 4. The number of aryl methyl sites for hydroxylation is 1. The first-order valence-corrected chi connectivity index (χ1v) is 10.6. The van der Waals surface area contributed by atoms with Crippen LogP contribution in [0.2, 0.25) is 5.15 Å². The van der Waals surface area contributed by atoms with Gasteiger partial charge in [0, 0.05) is 0 Å². The molecule has 3 saturated heterocycles. The van der Waals surface area contributed by atoms with Crippen molar-refractivity contribution in [2.45, 2.75) is 89.4 Å². The lowest BCUT2D eigenvalue weighted by Crippen LogP contribution is -2.56. The standard InChI is InChI=1S/C20H26ClFN4O5/c1-9-24-15(21)11-16(25-9)26(8-23-11)17-20(6,22)14-13(30-19(4,5)31-14)12-10(28-17)7-27-18(2,3)29-12/h8,10,12-14,17H,7H2,1-6H3/t10?,12-,13+,14?,17-,20-/m1/s1. The number of imidazole rings is 1. The maximum absolute atomic E-state index is 16.7. The van der Waals surface area contributed by atoms with E-state index in [-0.39, 0.29) is 11.8 Å². The monoisotopic (exact) mass is 456 g/mol. The molecule has 0 aliphatic carbocycles. The van der Waals surface area contributed by atoms with Crippen LogP contribution in [0.5, 0.6) is 0 Å². The van der Waals surface area contributed by atoms with E-state index in [2.05, 4.69) is 15.0 Å². The number of halogens is 2. The summed E-state index contributed by atoms with van der Waals surface area (Å²) in [6, 6.07) is 0. The molecule has 3 fully saturated rings. The van der Waals surface area contributed by atoms with Crippen molar-refractivity contribution in [1.82, 2.24) is 19.5 Å².